The first-order chi connectivity index (χ1) is 5.29. The number of thioether (sulfide) groups is 2. The molecule has 1 saturated heterocycles. The zero-order valence-corrected chi connectivity index (χ0v) is 7.75. The number of hydrogen-bond donors (Lipinski definition) is 2. The average molecular weight is 189 g/mol. The van der Waals surface area contributed by atoms with Crippen molar-refractivity contribution < 1.29 is 0 Å². The molecular weight excluding hydrogens is 178 g/mol. The molecule has 5 heteroatoms. The summed E-state index contributed by atoms with van der Waals surface area (Å²) in [5.41, 5.74) is 10.3. The molecule has 62 valence electrons. The number of nitrogens with two attached hydrogens (primary N) is 2. The molecule has 0 atom stereocenters. The summed E-state index contributed by atoms with van der Waals surface area (Å²) in [6.45, 7) is 0.609. The summed E-state index contributed by atoms with van der Waals surface area (Å²) >= 11 is 3.73. The zero-order valence-electron chi connectivity index (χ0n) is 6.12. The van der Waals surface area contributed by atoms with Crippen molar-refractivity contribution in [3.63, 3.8) is 0 Å². The molecule has 1 rings (SSSR count). The van der Waals surface area contributed by atoms with Gasteiger partial charge in [0.1, 0.15) is 0 Å². The fourth-order valence-corrected chi connectivity index (χ4v) is 2.96. The first-order valence-electron chi connectivity index (χ1n) is 3.30. The maximum absolute atomic E-state index is 5.16. The van der Waals surface area contributed by atoms with Crippen molar-refractivity contribution in [3.8, 4) is 0 Å². The van der Waals surface area contributed by atoms with Crippen LogP contribution in [0.2, 0.25) is 0 Å². The van der Waals surface area contributed by atoms with Gasteiger partial charge in [0, 0.05) is 15.7 Å². The lowest BCUT2D eigenvalue weighted by Crippen LogP contribution is -2.22. The van der Waals surface area contributed by atoms with E-state index in [0.717, 1.165) is 0 Å². The number of aliphatic imine (C=N–C) groups is 1. The fourth-order valence-electron chi connectivity index (χ4n) is 0.670. The molecule has 3 nitrogen and oxygen atoms in total. The maximum atomic E-state index is 5.16. The van der Waals surface area contributed by atoms with Crippen molar-refractivity contribution in [1.29, 1.82) is 0 Å². The molecule has 1 fully saturated rings. The summed E-state index contributed by atoms with van der Waals surface area (Å²) in [6.07, 6.45) is 2.06. The molecule has 0 spiro atoms. The van der Waals surface area contributed by atoms with Crippen molar-refractivity contribution in [2.45, 2.75) is 0 Å². The predicted molar refractivity (Wildman–Crippen MR) is 53.7 cm³/mol. The standard InChI is InChI=1S/C6H11N3S2/c7-6(8)9-2-1-5-10-3-4-11-5/h1H,2-4H2,(H4,7,8,9). The van der Waals surface area contributed by atoms with Gasteiger partial charge in [-0.05, 0) is 6.08 Å². The quantitative estimate of drug-likeness (QED) is 0.493. The summed E-state index contributed by atoms with van der Waals surface area (Å²) in [5.74, 6) is 2.58. The zero-order chi connectivity index (χ0) is 8.10. The molecule has 0 bridgehead atoms. The Kier molecular flexibility index (Phi) is 3.65. The summed E-state index contributed by atoms with van der Waals surface area (Å²) in [7, 11) is 0. The van der Waals surface area contributed by atoms with Gasteiger partial charge in [-0.15, -0.1) is 23.5 Å². The van der Waals surface area contributed by atoms with Gasteiger partial charge in [0.25, 0.3) is 0 Å². The molecule has 0 aromatic carbocycles. The van der Waals surface area contributed by atoms with Crippen molar-refractivity contribution >= 4 is 29.5 Å². The summed E-state index contributed by atoms with van der Waals surface area (Å²) in [5, 5.41) is 0. The van der Waals surface area contributed by atoms with Gasteiger partial charge in [0.15, 0.2) is 5.96 Å². The van der Waals surface area contributed by atoms with E-state index in [0.29, 0.717) is 6.54 Å². The summed E-state index contributed by atoms with van der Waals surface area (Å²) in [4.78, 5) is 3.86. The van der Waals surface area contributed by atoms with Crippen molar-refractivity contribution in [3.05, 3.63) is 10.3 Å². The minimum absolute atomic E-state index is 0.162. The number of guanidine groups is 1. The molecule has 0 unspecified atom stereocenters. The average Bonchev–Trinajstić information content (AvgIpc) is 2.39. The summed E-state index contributed by atoms with van der Waals surface area (Å²) in [6, 6.07) is 0. The van der Waals surface area contributed by atoms with Crippen molar-refractivity contribution in [2.24, 2.45) is 16.5 Å². The van der Waals surface area contributed by atoms with Crippen LogP contribution >= 0.6 is 23.5 Å². The lowest BCUT2D eigenvalue weighted by atomic mass is 10.6. The van der Waals surface area contributed by atoms with Crippen LogP contribution in [0.25, 0.3) is 0 Å². The van der Waals surface area contributed by atoms with Crippen LogP contribution in [0, 0.1) is 0 Å². The summed E-state index contributed by atoms with van der Waals surface area (Å²) < 4.78 is 1.34. The smallest absolute Gasteiger partial charge is 0.186 e. The Morgan fingerprint density at radius 3 is 2.64 bits per heavy atom. The Bertz CT molecular complexity index is 176. The van der Waals surface area contributed by atoms with Gasteiger partial charge in [-0.25, -0.2) is 4.99 Å². The third-order valence-electron chi connectivity index (χ3n) is 1.10. The molecule has 0 aromatic rings. The van der Waals surface area contributed by atoms with Crippen LogP contribution in [0.4, 0.5) is 0 Å². The molecule has 0 amide bonds. The maximum Gasteiger partial charge on any atom is 0.186 e. The first-order valence-corrected chi connectivity index (χ1v) is 5.27. The van der Waals surface area contributed by atoms with E-state index in [2.05, 4.69) is 11.1 Å². The number of nitrogens with zero attached hydrogens (tertiary/aromatic N) is 1. The van der Waals surface area contributed by atoms with E-state index < -0.39 is 0 Å². The Hall–Kier alpha value is -0.290. The van der Waals surface area contributed by atoms with E-state index in [1.165, 1.54) is 15.7 Å². The molecule has 0 aliphatic carbocycles. The SMILES string of the molecule is NC(N)=NCC=C1SCCS1. The molecule has 0 saturated carbocycles. The highest BCUT2D eigenvalue weighted by atomic mass is 32.2. The lowest BCUT2D eigenvalue weighted by molar-refractivity contribution is 1.21. The van der Waals surface area contributed by atoms with E-state index in [4.69, 9.17) is 11.5 Å². The second kappa shape index (κ2) is 4.56. The van der Waals surface area contributed by atoms with Crippen molar-refractivity contribution in [1.82, 2.24) is 0 Å². The number of hydrogen-bond acceptors (Lipinski definition) is 3. The third kappa shape index (κ3) is 3.57. The van der Waals surface area contributed by atoms with Crippen LogP contribution in [0.1, 0.15) is 0 Å². The van der Waals surface area contributed by atoms with E-state index in [-0.39, 0.29) is 5.96 Å². The van der Waals surface area contributed by atoms with Gasteiger partial charge in [0.2, 0.25) is 0 Å². The second-order valence-corrected chi connectivity index (χ2v) is 4.52. The first kappa shape index (κ1) is 8.80. The molecule has 1 heterocycles. The number of rotatable bonds is 2. The molecule has 0 aromatic heterocycles. The van der Waals surface area contributed by atoms with Gasteiger partial charge in [-0.2, -0.15) is 0 Å². The van der Waals surface area contributed by atoms with Crippen LogP contribution in [0.5, 0.6) is 0 Å². The van der Waals surface area contributed by atoms with Crippen LogP contribution in [0.3, 0.4) is 0 Å². The van der Waals surface area contributed by atoms with Crippen LogP contribution in [0.15, 0.2) is 15.3 Å². The Labute approximate surface area is 74.7 Å². The van der Waals surface area contributed by atoms with E-state index in [1.54, 1.807) is 0 Å². The van der Waals surface area contributed by atoms with Crippen LogP contribution < -0.4 is 11.5 Å². The second-order valence-electron chi connectivity index (χ2n) is 1.99. The molecule has 4 N–H and O–H groups in total. The van der Waals surface area contributed by atoms with E-state index in [9.17, 15) is 0 Å². The third-order valence-corrected chi connectivity index (χ3v) is 3.79. The largest absolute Gasteiger partial charge is 0.370 e. The predicted octanol–water partition coefficient (Wildman–Crippen LogP) is 0.581. The highest BCUT2D eigenvalue weighted by Crippen LogP contribution is 2.35. The highest BCUT2D eigenvalue weighted by molar-refractivity contribution is 8.25. The monoisotopic (exact) mass is 189 g/mol. The molecule has 11 heavy (non-hydrogen) atoms. The molecule has 1 aliphatic rings. The lowest BCUT2D eigenvalue weighted by Gasteiger charge is -1.91. The van der Waals surface area contributed by atoms with Crippen LogP contribution in [-0.4, -0.2) is 24.0 Å². The van der Waals surface area contributed by atoms with Crippen LogP contribution in [-0.2, 0) is 0 Å². The Morgan fingerprint density at radius 2 is 2.09 bits per heavy atom. The van der Waals surface area contributed by atoms with Gasteiger partial charge >= 0.3 is 0 Å². The minimum Gasteiger partial charge on any atom is -0.370 e. The molecule has 1 aliphatic heterocycles. The van der Waals surface area contributed by atoms with E-state index >= 15 is 0 Å². The Morgan fingerprint density at radius 1 is 1.45 bits per heavy atom. The van der Waals surface area contributed by atoms with E-state index in [1.807, 2.05) is 23.5 Å². The topological polar surface area (TPSA) is 64.4 Å². The molecular formula is C6H11N3S2. The normalized spacial score (nSPS) is 16.5. The Balaban J connectivity index is 2.29. The molecule has 0 radical (unpaired) electrons. The highest BCUT2D eigenvalue weighted by Gasteiger charge is 2.05. The minimum atomic E-state index is 0.162. The van der Waals surface area contributed by atoms with Gasteiger partial charge in [0.05, 0.1) is 6.54 Å². The van der Waals surface area contributed by atoms with Gasteiger partial charge < -0.3 is 11.5 Å². The van der Waals surface area contributed by atoms with Gasteiger partial charge in [-0.3, -0.25) is 0 Å². The fraction of sp³-hybridized carbons (Fsp3) is 0.500. The van der Waals surface area contributed by atoms with Crippen molar-refractivity contribution in [2.75, 3.05) is 18.1 Å². The van der Waals surface area contributed by atoms with Gasteiger partial charge in [-0.1, -0.05) is 0 Å².